The molecule has 3 rings (SSSR count). The zero-order valence-corrected chi connectivity index (χ0v) is 15.8. The molecule has 0 amide bonds. The molecule has 5 heteroatoms. The third-order valence-corrected chi connectivity index (χ3v) is 6.88. The number of fused-ring (bicyclic) bond motifs is 1. The van der Waals surface area contributed by atoms with Crippen LogP contribution in [0.1, 0.15) is 68.2 Å². The van der Waals surface area contributed by atoms with Crippen molar-refractivity contribution < 1.29 is 30.2 Å². The van der Waals surface area contributed by atoms with Gasteiger partial charge in [-0.3, -0.25) is 0 Å². The van der Waals surface area contributed by atoms with Crippen molar-refractivity contribution in [2.75, 3.05) is 0 Å². The highest BCUT2D eigenvalue weighted by Crippen LogP contribution is 2.55. The normalized spacial score (nSPS) is 17.6. The van der Waals surface area contributed by atoms with Crippen LogP contribution in [0.3, 0.4) is 0 Å². The average Bonchev–Trinajstić information content (AvgIpc) is 2.86. The van der Waals surface area contributed by atoms with Crippen LogP contribution >= 0.6 is 10.5 Å². The van der Waals surface area contributed by atoms with Gasteiger partial charge in [-0.05, 0) is 30.4 Å². The molecule has 128 valence electrons. The van der Waals surface area contributed by atoms with E-state index < -0.39 is 16.0 Å². The van der Waals surface area contributed by atoms with Crippen molar-refractivity contribution in [1.29, 1.82) is 0 Å². The van der Waals surface area contributed by atoms with Gasteiger partial charge < -0.3 is 17.0 Å². The Labute approximate surface area is 148 Å². The van der Waals surface area contributed by atoms with Gasteiger partial charge >= 0.3 is 5.51 Å². The van der Waals surface area contributed by atoms with Gasteiger partial charge in [0.2, 0.25) is 0 Å². The van der Waals surface area contributed by atoms with Crippen molar-refractivity contribution in [3.63, 3.8) is 0 Å². The maximum absolute atomic E-state index is 13.7. The van der Waals surface area contributed by atoms with Crippen LogP contribution in [-0.2, 0) is 5.51 Å². The Balaban J connectivity index is 0.00000192. The summed E-state index contributed by atoms with van der Waals surface area (Å²) in [5.41, 5.74) is -3.16. The van der Waals surface area contributed by atoms with Crippen molar-refractivity contribution in [2.45, 2.75) is 63.3 Å². The summed E-state index contributed by atoms with van der Waals surface area (Å²) in [5, 5.41) is 0.783. The third kappa shape index (κ3) is 3.76. The lowest BCUT2D eigenvalue weighted by atomic mass is 9.88. The number of halogens is 4. The molecule has 23 heavy (non-hydrogen) atoms. The Bertz CT molecular complexity index is 667. The van der Waals surface area contributed by atoms with E-state index in [-0.39, 0.29) is 28.8 Å². The fourth-order valence-electron chi connectivity index (χ4n) is 3.48. The fraction of sp³-hybridized carbons (Fsp3) is 0.556. The second-order valence-corrected chi connectivity index (χ2v) is 8.57. The molecule has 0 aliphatic heterocycles. The van der Waals surface area contributed by atoms with Gasteiger partial charge in [-0.2, -0.15) is 0 Å². The zero-order chi connectivity index (χ0) is 15.9. The van der Waals surface area contributed by atoms with E-state index in [1.807, 2.05) is 32.0 Å². The summed E-state index contributed by atoms with van der Waals surface area (Å²) >= 11 is 0. The lowest BCUT2D eigenvalue weighted by Gasteiger charge is -2.18. The van der Waals surface area contributed by atoms with Gasteiger partial charge in [0.05, 0.1) is 10.5 Å². The number of alkyl halides is 3. The molecule has 1 saturated carbocycles. The van der Waals surface area contributed by atoms with E-state index in [0.717, 1.165) is 43.1 Å². The van der Waals surface area contributed by atoms with Gasteiger partial charge in [0.25, 0.3) is 0 Å². The highest BCUT2D eigenvalue weighted by molar-refractivity contribution is 7.38. The molecule has 1 aromatic heterocycles. The van der Waals surface area contributed by atoms with E-state index in [9.17, 15) is 13.2 Å². The van der Waals surface area contributed by atoms with Crippen LogP contribution in [0, 0.1) is 0 Å². The molecule has 1 aliphatic carbocycles. The minimum atomic E-state index is -4.16. The molecular formula is C18H22BrF3S. The lowest BCUT2D eigenvalue weighted by Crippen LogP contribution is -3.00. The minimum absolute atomic E-state index is 0. The topological polar surface area (TPSA) is 0 Å². The third-order valence-electron chi connectivity index (χ3n) is 4.70. The molecule has 1 unspecified atom stereocenters. The van der Waals surface area contributed by atoms with Crippen LogP contribution in [-0.4, -0.2) is 0 Å². The number of thiophene rings is 1. The van der Waals surface area contributed by atoms with Crippen molar-refractivity contribution in [2.24, 2.45) is 0 Å². The number of benzene rings is 1. The predicted molar refractivity (Wildman–Crippen MR) is 87.6 cm³/mol. The summed E-state index contributed by atoms with van der Waals surface area (Å²) in [4.78, 5) is 0.642. The first kappa shape index (κ1) is 18.8. The molecule has 0 spiro atoms. The summed E-state index contributed by atoms with van der Waals surface area (Å²) in [6.45, 7) is 4.05. The molecule has 0 radical (unpaired) electrons. The van der Waals surface area contributed by atoms with E-state index in [1.54, 1.807) is 6.07 Å². The molecule has 1 fully saturated rings. The zero-order valence-electron chi connectivity index (χ0n) is 13.4. The predicted octanol–water partition coefficient (Wildman–Crippen LogP) is 4.24. The SMILES string of the molecule is CC(C)c1ccc2cc(C3CCCCC3)[s+](C(F)(F)F)c2c1.[Br-]. The van der Waals surface area contributed by atoms with Crippen molar-refractivity contribution in [3.05, 3.63) is 34.7 Å². The number of rotatable bonds is 2. The Morgan fingerprint density at radius 2 is 1.70 bits per heavy atom. The van der Waals surface area contributed by atoms with Crippen molar-refractivity contribution in [3.8, 4) is 0 Å². The van der Waals surface area contributed by atoms with Crippen LogP contribution in [0.4, 0.5) is 13.2 Å². The highest BCUT2D eigenvalue weighted by Gasteiger charge is 2.49. The van der Waals surface area contributed by atoms with Crippen LogP contribution in [0.2, 0.25) is 0 Å². The molecule has 1 aromatic carbocycles. The molecule has 0 N–H and O–H groups in total. The first-order chi connectivity index (χ1) is 10.4. The van der Waals surface area contributed by atoms with E-state index >= 15 is 0 Å². The van der Waals surface area contributed by atoms with Gasteiger partial charge in [0.1, 0.15) is 0 Å². The quantitative estimate of drug-likeness (QED) is 0.654. The average molecular weight is 407 g/mol. The molecule has 2 aromatic rings. The van der Waals surface area contributed by atoms with E-state index in [0.29, 0.717) is 9.58 Å². The van der Waals surface area contributed by atoms with Crippen LogP contribution in [0.5, 0.6) is 0 Å². The summed E-state index contributed by atoms with van der Waals surface area (Å²) in [5.74, 6) is 0.372. The Hall–Kier alpha value is -0.550. The van der Waals surface area contributed by atoms with Crippen LogP contribution < -0.4 is 17.0 Å². The molecule has 0 nitrogen and oxygen atoms in total. The second-order valence-electron chi connectivity index (χ2n) is 6.59. The maximum atomic E-state index is 13.7. The summed E-state index contributed by atoms with van der Waals surface area (Å²) < 4.78 is 41.7. The molecular weight excluding hydrogens is 385 g/mol. The van der Waals surface area contributed by atoms with Gasteiger partial charge in [0, 0.05) is 23.4 Å². The lowest BCUT2D eigenvalue weighted by molar-refractivity contribution is -0.0868. The first-order valence-electron chi connectivity index (χ1n) is 8.04. The smallest absolute Gasteiger partial charge is 0.600 e. The number of hydrogen-bond donors (Lipinski definition) is 0. The van der Waals surface area contributed by atoms with E-state index in [2.05, 4.69) is 0 Å². The van der Waals surface area contributed by atoms with Gasteiger partial charge in [-0.15, -0.1) is 13.2 Å². The van der Waals surface area contributed by atoms with E-state index in [4.69, 9.17) is 0 Å². The highest BCUT2D eigenvalue weighted by atomic mass is 79.9. The maximum Gasteiger partial charge on any atom is 0.600 e. The second kappa shape index (κ2) is 7.14. The monoisotopic (exact) mass is 406 g/mol. The molecule has 1 atom stereocenters. The van der Waals surface area contributed by atoms with E-state index in [1.165, 1.54) is 0 Å². The molecule has 0 bridgehead atoms. The Kier molecular flexibility index (Phi) is 5.83. The first-order valence-corrected chi connectivity index (χ1v) is 9.27. The fourth-order valence-corrected chi connectivity index (χ4v) is 5.68. The van der Waals surface area contributed by atoms with Gasteiger partial charge in [-0.25, -0.2) is 0 Å². The molecule has 0 saturated heterocycles. The van der Waals surface area contributed by atoms with Gasteiger partial charge in [0.15, 0.2) is 9.58 Å². The molecule has 1 heterocycles. The minimum Gasteiger partial charge on any atom is -1.00 e. The summed E-state index contributed by atoms with van der Waals surface area (Å²) in [6, 6.07) is 7.49. The standard InChI is InChI=1S/C18H22F3S.BrH/c1-12(2)14-8-9-15-11-16(13-6-4-3-5-7-13)22(17(15)10-14)18(19,20)21;/h8-13H,3-7H2,1-2H3;1H/q+1;/p-1. The Morgan fingerprint density at radius 3 is 2.26 bits per heavy atom. The van der Waals surface area contributed by atoms with Crippen molar-refractivity contribution in [1.82, 2.24) is 0 Å². The largest absolute Gasteiger partial charge is 1.00 e. The Morgan fingerprint density at radius 1 is 1.04 bits per heavy atom. The molecule has 1 aliphatic rings. The summed E-state index contributed by atoms with van der Waals surface area (Å²) in [6.07, 6.45) is 5.11. The van der Waals surface area contributed by atoms with Crippen LogP contribution in [0.25, 0.3) is 10.1 Å². The summed E-state index contributed by atoms with van der Waals surface area (Å²) in [7, 11) is -1.72. The van der Waals surface area contributed by atoms with Crippen molar-refractivity contribution >= 4 is 20.6 Å². The van der Waals surface area contributed by atoms with Gasteiger partial charge in [-0.1, -0.05) is 39.2 Å². The number of hydrogen-bond acceptors (Lipinski definition) is 0. The van der Waals surface area contributed by atoms with Crippen LogP contribution in [0.15, 0.2) is 24.3 Å².